The Balaban J connectivity index is 1.50. The van der Waals surface area contributed by atoms with Crippen molar-refractivity contribution in [3.05, 3.63) is 35.8 Å². The van der Waals surface area contributed by atoms with Crippen LogP contribution in [0.4, 0.5) is 5.82 Å². The lowest BCUT2D eigenvalue weighted by Gasteiger charge is -2.21. The number of rotatable bonds is 5. The third kappa shape index (κ3) is 3.46. The maximum Gasteiger partial charge on any atom is 0.165 e. The zero-order chi connectivity index (χ0) is 17.1. The van der Waals surface area contributed by atoms with Crippen LogP contribution in [0.2, 0.25) is 0 Å². The Morgan fingerprint density at radius 3 is 2.72 bits per heavy atom. The van der Waals surface area contributed by atoms with Crippen LogP contribution in [-0.2, 0) is 11.3 Å². The average Bonchev–Trinajstić information content (AvgIpc) is 3.20. The van der Waals surface area contributed by atoms with Crippen LogP contribution in [0.25, 0.3) is 0 Å². The van der Waals surface area contributed by atoms with E-state index in [1.807, 2.05) is 18.2 Å². The summed E-state index contributed by atoms with van der Waals surface area (Å²) in [6.07, 6.45) is 2.60. The number of nitrogens with zero attached hydrogens (tertiary/aromatic N) is 2. The third-order valence-corrected chi connectivity index (χ3v) is 4.44. The third-order valence-electron chi connectivity index (χ3n) is 4.44. The Hall–Kier alpha value is -2.54. The molecule has 0 radical (unpaired) electrons. The average molecular weight is 343 g/mol. The molecule has 2 aliphatic rings. The van der Waals surface area contributed by atoms with Crippen molar-refractivity contribution in [3.63, 3.8) is 0 Å². The number of fused-ring (bicyclic) bond motifs is 1. The summed E-state index contributed by atoms with van der Waals surface area (Å²) in [6, 6.07) is 5.81. The van der Waals surface area contributed by atoms with E-state index < -0.39 is 0 Å². The molecule has 4 rings (SSSR count). The minimum absolute atomic E-state index is 0.354. The van der Waals surface area contributed by atoms with Crippen molar-refractivity contribution in [2.45, 2.75) is 18.9 Å². The lowest BCUT2D eigenvalue weighted by atomic mass is 10.0. The molecule has 25 heavy (non-hydrogen) atoms. The van der Waals surface area contributed by atoms with Gasteiger partial charge < -0.3 is 24.3 Å². The van der Waals surface area contributed by atoms with Crippen molar-refractivity contribution in [1.29, 1.82) is 0 Å². The fourth-order valence-corrected chi connectivity index (χ4v) is 3.09. The van der Waals surface area contributed by atoms with Crippen molar-refractivity contribution in [2.75, 3.05) is 38.9 Å². The van der Waals surface area contributed by atoms with Crippen molar-refractivity contribution in [1.82, 2.24) is 9.97 Å². The van der Waals surface area contributed by atoms with Crippen LogP contribution < -0.4 is 19.5 Å². The van der Waals surface area contributed by atoms with Gasteiger partial charge in [0, 0.05) is 36.8 Å². The molecule has 0 unspecified atom stereocenters. The first-order valence-electron chi connectivity index (χ1n) is 8.43. The summed E-state index contributed by atoms with van der Waals surface area (Å²) in [6.45, 7) is 3.21. The summed E-state index contributed by atoms with van der Waals surface area (Å²) in [4.78, 5) is 8.68. The molecule has 1 N–H and O–H groups in total. The second-order valence-corrected chi connectivity index (χ2v) is 6.05. The first-order valence-corrected chi connectivity index (χ1v) is 8.43. The normalized spacial score (nSPS) is 18.8. The van der Waals surface area contributed by atoms with Gasteiger partial charge in [-0.1, -0.05) is 0 Å². The summed E-state index contributed by atoms with van der Waals surface area (Å²) in [7, 11) is 1.65. The highest BCUT2D eigenvalue weighted by Crippen LogP contribution is 2.37. The van der Waals surface area contributed by atoms with Crippen LogP contribution in [0, 0.1) is 0 Å². The van der Waals surface area contributed by atoms with E-state index in [4.69, 9.17) is 18.9 Å². The van der Waals surface area contributed by atoms with Gasteiger partial charge in [-0.15, -0.1) is 0 Å². The lowest BCUT2D eigenvalue weighted by molar-refractivity contribution is 0.170. The molecule has 0 spiro atoms. The predicted molar refractivity (Wildman–Crippen MR) is 91.5 cm³/mol. The number of hydrogen-bond acceptors (Lipinski definition) is 7. The summed E-state index contributed by atoms with van der Waals surface area (Å²) in [5.74, 6) is 3.36. The van der Waals surface area contributed by atoms with Crippen LogP contribution in [0.5, 0.6) is 17.2 Å². The standard InChI is InChI=1S/C18H21N3O4/c1-22-15-8-17-16(24-4-5-25-17)6-13(15)9-19-18-7-14(20-11-21-18)12-2-3-23-10-12/h6-8,11-12H,2-5,9-10H2,1H3,(H,19,20,21)/t12-/m0/s1. The minimum atomic E-state index is 0.354. The summed E-state index contributed by atoms with van der Waals surface area (Å²) >= 11 is 0. The zero-order valence-corrected chi connectivity index (χ0v) is 14.2. The highest BCUT2D eigenvalue weighted by atomic mass is 16.6. The topological polar surface area (TPSA) is 74.7 Å². The molecular weight excluding hydrogens is 322 g/mol. The number of nitrogens with one attached hydrogen (secondary N) is 1. The van der Waals surface area contributed by atoms with Gasteiger partial charge in [-0.25, -0.2) is 9.97 Å². The maximum absolute atomic E-state index is 5.65. The second-order valence-electron chi connectivity index (χ2n) is 6.05. The molecular formula is C18H21N3O4. The van der Waals surface area contributed by atoms with Gasteiger partial charge >= 0.3 is 0 Å². The fraction of sp³-hybridized carbons (Fsp3) is 0.444. The van der Waals surface area contributed by atoms with E-state index in [-0.39, 0.29) is 0 Å². The molecule has 132 valence electrons. The molecule has 1 atom stereocenters. The Kier molecular flexibility index (Phi) is 4.56. The Bertz CT molecular complexity index is 747. The van der Waals surface area contributed by atoms with E-state index in [0.29, 0.717) is 25.7 Å². The van der Waals surface area contributed by atoms with Crippen LogP contribution >= 0.6 is 0 Å². The molecule has 1 fully saturated rings. The number of hydrogen-bond donors (Lipinski definition) is 1. The van der Waals surface area contributed by atoms with E-state index in [1.165, 1.54) is 0 Å². The van der Waals surface area contributed by atoms with Gasteiger partial charge in [0.2, 0.25) is 0 Å². The molecule has 7 heteroatoms. The largest absolute Gasteiger partial charge is 0.496 e. The molecule has 0 amide bonds. The van der Waals surface area contributed by atoms with E-state index in [9.17, 15) is 0 Å². The van der Waals surface area contributed by atoms with Gasteiger partial charge in [0.15, 0.2) is 11.5 Å². The van der Waals surface area contributed by atoms with Crippen LogP contribution in [-0.4, -0.2) is 43.5 Å². The van der Waals surface area contributed by atoms with Crippen molar-refractivity contribution < 1.29 is 18.9 Å². The molecule has 7 nitrogen and oxygen atoms in total. The van der Waals surface area contributed by atoms with Crippen LogP contribution in [0.15, 0.2) is 24.5 Å². The molecule has 0 aliphatic carbocycles. The summed E-state index contributed by atoms with van der Waals surface area (Å²) in [5, 5.41) is 3.34. The quantitative estimate of drug-likeness (QED) is 0.893. The predicted octanol–water partition coefficient (Wildman–Crippen LogP) is 2.37. The number of anilines is 1. The second kappa shape index (κ2) is 7.14. The smallest absolute Gasteiger partial charge is 0.165 e. The van der Waals surface area contributed by atoms with Crippen molar-refractivity contribution in [3.8, 4) is 17.2 Å². The first kappa shape index (κ1) is 16.0. The molecule has 1 aromatic heterocycles. The van der Waals surface area contributed by atoms with E-state index in [0.717, 1.165) is 54.0 Å². The SMILES string of the molecule is COc1cc2c(cc1CNc1cc([C@H]3CCOC3)ncn1)OCCO2. The summed E-state index contributed by atoms with van der Waals surface area (Å²) in [5.41, 5.74) is 2.00. The fourth-order valence-electron chi connectivity index (χ4n) is 3.09. The number of benzene rings is 1. The highest BCUT2D eigenvalue weighted by molar-refractivity contribution is 5.52. The van der Waals surface area contributed by atoms with E-state index in [1.54, 1.807) is 13.4 Å². The van der Waals surface area contributed by atoms with E-state index >= 15 is 0 Å². The molecule has 1 saturated heterocycles. The molecule has 1 aromatic carbocycles. The van der Waals surface area contributed by atoms with Gasteiger partial charge in [-0.2, -0.15) is 0 Å². The molecule has 0 bridgehead atoms. The Morgan fingerprint density at radius 1 is 1.12 bits per heavy atom. The van der Waals surface area contributed by atoms with Gasteiger partial charge in [0.1, 0.15) is 31.1 Å². The van der Waals surface area contributed by atoms with Gasteiger partial charge in [0.05, 0.1) is 19.4 Å². The molecule has 0 saturated carbocycles. The number of aromatic nitrogens is 2. The minimum Gasteiger partial charge on any atom is -0.496 e. The van der Waals surface area contributed by atoms with Crippen LogP contribution in [0.1, 0.15) is 23.6 Å². The lowest BCUT2D eigenvalue weighted by Crippen LogP contribution is -2.16. The van der Waals surface area contributed by atoms with E-state index in [2.05, 4.69) is 15.3 Å². The van der Waals surface area contributed by atoms with Crippen LogP contribution in [0.3, 0.4) is 0 Å². The number of methoxy groups -OCH3 is 1. The highest BCUT2D eigenvalue weighted by Gasteiger charge is 2.20. The van der Waals surface area contributed by atoms with Crippen molar-refractivity contribution >= 4 is 5.82 Å². The maximum atomic E-state index is 5.65. The Labute approximate surface area is 146 Å². The van der Waals surface area contributed by atoms with Crippen molar-refractivity contribution in [2.24, 2.45) is 0 Å². The van der Waals surface area contributed by atoms with Gasteiger partial charge in [-0.05, 0) is 12.5 Å². The summed E-state index contributed by atoms with van der Waals surface area (Å²) < 4.78 is 22.2. The first-order chi connectivity index (χ1) is 12.3. The molecule has 2 aliphatic heterocycles. The molecule has 2 aromatic rings. The monoisotopic (exact) mass is 343 g/mol. The van der Waals surface area contributed by atoms with Gasteiger partial charge in [0.25, 0.3) is 0 Å². The zero-order valence-electron chi connectivity index (χ0n) is 14.2. The number of ether oxygens (including phenoxy) is 4. The van der Waals surface area contributed by atoms with Gasteiger partial charge in [-0.3, -0.25) is 0 Å². The molecule has 3 heterocycles. The Morgan fingerprint density at radius 2 is 1.96 bits per heavy atom.